The van der Waals surface area contributed by atoms with E-state index in [4.69, 9.17) is 18.1 Å². The van der Waals surface area contributed by atoms with Crippen molar-refractivity contribution in [3.05, 3.63) is 103 Å². The SMILES string of the molecule is CC1(C)OB(c2cc(-c3ccc4c(c3)oc3ccccc34)cc3oc4cc(-c5ccccc5)ccc4c23)OC1(C)C. The van der Waals surface area contributed by atoms with Crippen molar-refractivity contribution < 1.29 is 18.1 Å². The van der Waals surface area contributed by atoms with Crippen LogP contribution in [0.15, 0.2) is 112 Å². The Morgan fingerprint density at radius 1 is 0.463 bits per heavy atom. The molecule has 0 N–H and O–H groups in total. The van der Waals surface area contributed by atoms with Gasteiger partial charge in [-0.05, 0) is 91.8 Å². The van der Waals surface area contributed by atoms with E-state index in [1.54, 1.807) is 0 Å². The molecular formula is C36H29BO4. The van der Waals surface area contributed by atoms with Gasteiger partial charge in [-0.3, -0.25) is 0 Å². The molecule has 41 heavy (non-hydrogen) atoms. The van der Waals surface area contributed by atoms with Crippen molar-refractivity contribution in [2.24, 2.45) is 0 Å². The minimum atomic E-state index is -0.535. The van der Waals surface area contributed by atoms with Gasteiger partial charge in [0.15, 0.2) is 0 Å². The maximum Gasteiger partial charge on any atom is 0.495 e. The second kappa shape index (κ2) is 8.59. The molecule has 1 saturated heterocycles. The fourth-order valence-electron chi connectivity index (χ4n) is 5.98. The van der Waals surface area contributed by atoms with E-state index in [0.717, 1.165) is 71.6 Å². The second-order valence-corrected chi connectivity index (χ2v) is 12.0. The average molecular weight is 536 g/mol. The third-order valence-electron chi connectivity index (χ3n) is 8.93. The normalized spacial score (nSPS) is 16.4. The summed E-state index contributed by atoms with van der Waals surface area (Å²) in [6.07, 6.45) is 0. The smallest absolute Gasteiger partial charge is 0.456 e. The summed E-state index contributed by atoms with van der Waals surface area (Å²) in [6, 6.07) is 35.7. The van der Waals surface area contributed by atoms with E-state index in [2.05, 4.69) is 107 Å². The van der Waals surface area contributed by atoms with Crippen molar-refractivity contribution in [2.75, 3.05) is 0 Å². The molecule has 0 spiro atoms. The van der Waals surface area contributed by atoms with Gasteiger partial charge in [0, 0.05) is 21.5 Å². The van der Waals surface area contributed by atoms with Gasteiger partial charge >= 0.3 is 7.12 Å². The summed E-state index contributed by atoms with van der Waals surface area (Å²) < 4.78 is 26.0. The molecule has 0 aliphatic carbocycles. The Bertz CT molecular complexity index is 2100. The largest absolute Gasteiger partial charge is 0.495 e. The quantitative estimate of drug-likeness (QED) is 0.211. The third kappa shape index (κ3) is 3.77. The number of para-hydroxylation sites is 1. The maximum atomic E-state index is 6.59. The van der Waals surface area contributed by atoms with Crippen LogP contribution >= 0.6 is 0 Å². The van der Waals surface area contributed by atoms with E-state index in [9.17, 15) is 0 Å². The van der Waals surface area contributed by atoms with Gasteiger partial charge in [-0.1, -0.05) is 66.7 Å². The molecule has 0 atom stereocenters. The Hall–Kier alpha value is -4.32. The molecule has 4 nitrogen and oxygen atoms in total. The number of furan rings is 2. The molecule has 3 heterocycles. The predicted molar refractivity (Wildman–Crippen MR) is 168 cm³/mol. The van der Waals surface area contributed by atoms with E-state index in [1.165, 1.54) is 0 Å². The number of rotatable bonds is 3. The Morgan fingerprint density at radius 3 is 1.78 bits per heavy atom. The van der Waals surface area contributed by atoms with Crippen LogP contribution in [0.5, 0.6) is 0 Å². The number of benzene rings is 5. The van der Waals surface area contributed by atoms with Crippen LogP contribution in [-0.2, 0) is 9.31 Å². The monoisotopic (exact) mass is 536 g/mol. The Morgan fingerprint density at radius 2 is 1.02 bits per heavy atom. The predicted octanol–water partition coefficient (Wildman–Crippen LogP) is 9.12. The van der Waals surface area contributed by atoms with Gasteiger partial charge in [0.1, 0.15) is 22.3 Å². The highest BCUT2D eigenvalue weighted by atomic mass is 16.7. The van der Waals surface area contributed by atoms with E-state index in [-0.39, 0.29) is 0 Å². The van der Waals surface area contributed by atoms with Crippen LogP contribution in [0.3, 0.4) is 0 Å². The van der Waals surface area contributed by atoms with Crippen molar-refractivity contribution in [3.63, 3.8) is 0 Å². The summed E-state index contributed by atoms with van der Waals surface area (Å²) in [5.74, 6) is 0. The molecule has 0 bridgehead atoms. The fourth-order valence-corrected chi connectivity index (χ4v) is 5.98. The summed E-state index contributed by atoms with van der Waals surface area (Å²) >= 11 is 0. The fraction of sp³-hybridized carbons (Fsp3) is 0.167. The van der Waals surface area contributed by atoms with Crippen molar-refractivity contribution in [3.8, 4) is 22.3 Å². The van der Waals surface area contributed by atoms with Crippen molar-refractivity contribution in [2.45, 2.75) is 38.9 Å². The van der Waals surface area contributed by atoms with Crippen LogP contribution in [0.4, 0.5) is 0 Å². The molecule has 0 radical (unpaired) electrons. The second-order valence-electron chi connectivity index (χ2n) is 12.0. The minimum Gasteiger partial charge on any atom is -0.456 e. The molecular weight excluding hydrogens is 507 g/mol. The van der Waals surface area contributed by atoms with Crippen LogP contribution in [0.25, 0.3) is 66.1 Å². The van der Waals surface area contributed by atoms with Gasteiger partial charge in [0.25, 0.3) is 0 Å². The summed E-state index contributed by atoms with van der Waals surface area (Å²) in [5.41, 5.74) is 7.76. The van der Waals surface area contributed by atoms with Crippen LogP contribution in [0, 0.1) is 0 Å². The lowest BCUT2D eigenvalue weighted by atomic mass is 9.75. The topological polar surface area (TPSA) is 44.7 Å². The Labute approximate surface area is 238 Å². The van der Waals surface area contributed by atoms with Gasteiger partial charge < -0.3 is 18.1 Å². The van der Waals surface area contributed by atoms with Crippen LogP contribution in [0.2, 0.25) is 0 Å². The van der Waals surface area contributed by atoms with E-state index >= 15 is 0 Å². The summed E-state index contributed by atoms with van der Waals surface area (Å²) in [4.78, 5) is 0. The first kappa shape index (κ1) is 24.5. The van der Waals surface area contributed by atoms with Gasteiger partial charge in [0.2, 0.25) is 0 Å². The van der Waals surface area contributed by atoms with Gasteiger partial charge in [-0.15, -0.1) is 0 Å². The maximum absolute atomic E-state index is 6.59. The molecule has 2 aromatic heterocycles. The molecule has 7 aromatic rings. The lowest BCUT2D eigenvalue weighted by Gasteiger charge is -2.32. The Balaban J connectivity index is 1.35. The van der Waals surface area contributed by atoms with Crippen LogP contribution < -0.4 is 5.46 Å². The molecule has 0 saturated carbocycles. The number of hydrogen-bond donors (Lipinski definition) is 0. The summed E-state index contributed by atoms with van der Waals surface area (Å²) in [7, 11) is -0.535. The molecule has 0 unspecified atom stereocenters. The number of fused-ring (bicyclic) bond motifs is 6. The lowest BCUT2D eigenvalue weighted by Crippen LogP contribution is -2.41. The zero-order valence-electron chi connectivity index (χ0n) is 23.5. The summed E-state index contributed by atoms with van der Waals surface area (Å²) in [5, 5.41) is 4.29. The summed E-state index contributed by atoms with van der Waals surface area (Å²) in [6.45, 7) is 8.35. The standard InChI is InChI=1S/C36H29BO4/c1-35(2)36(3,4)41-37(40-35)29-18-25(24-14-16-27-26-12-8-9-13-30(26)38-31(27)20-24)21-33-34(29)28-17-15-23(19-32(28)39-33)22-10-6-5-7-11-22/h5-21H,1-4H3. The van der Waals surface area contributed by atoms with Crippen LogP contribution in [0.1, 0.15) is 27.7 Å². The molecule has 1 aliphatic rings. The van der Waals surface area contributed by atoms with Gasteiger partial charge in [-0.25, -0.2) is 0 Å². The first-order chi connectivity index (χ1) is 19.8. The van der Waals surface area contributed by atoms with E-state index < -0.39 is 18.3 Å². The molecule has 5 aromatic carbocycles. The Kier molecular flexibility index (Phi) is 5.13. The van der Waals surface area contributed by atoms with Crippen molar-refractivity contribution >= 4 is 56.5 Å². The molecule has 1 fully saturated rings. The molecule has 200 valence electrons. The highest BCUT2D eigenvalue weighted by Crippen LogP contribution is 2.40. The van der Waals surface area contributed by atoms with Crippen molar-refractivity contribution in [1.29, 1.82) is 0 Å². The van der Waals surface area contributed by atoms with Gasteiger partial charge in [0.05, 0.1) is 11.2 Å². The third-order valence-corrected chi connectivity index (χ3v) is 8.93. The molecule has 5 heteroatoms. The van der Waals surface area contributed by atoms with Crippen LogP contribution in [-0.4, -0.2) is 18.3 Å². The minimum absolute atomic E-state index is 0.465. The first-order valence-corrected chi connectivity index (χ1v) is 14.1. The zero-order chi connectivity index (χ0) is 27.9. The van der Waals surface area contributed by atoms with E-state index in [1.807, 2.05) is 24.3 Å². The number of hydrogen-bond acceptors (Lipinski definition) is 4. The molecule has 8 rings (SSSR count). The highest BCUT2D eigenvalue weighted by Gasteiger charge is 2.52. The zero-order valence-corrected chi connectivity index (χ0v) is 23.5. The van der Waals surface area contributed by atoms with Crippen molar-refractivity contribution in [1.82, 2.24) is 0 Å². The average Bonchev–Trinajstić information content (AvgIpc) is 3.60. The van der Waals surface area contributed by atoms with E-state index in [0.29, 0.717) is 0 Å². The lowest BCUT2D eigenvalue weighted by molar-refractivity contribution is 0.00578. The first-order valence-electron chi connectivity index (χ1n) is 14.1. The molecule has 1 aliphatic heterocycles. The molecule has 0 amide bonds. The van der Waals surface area contributed by atoms with Gasteiger partial charge in [-0.2, -0.15) is 0 Å². The highest BCUT2D eigenvalue weighted by molar-refractivity contribution is 6.66.